The minimum Gasteiger partial charge on any atom is -0.325 e. The van der Waals surface area contributed by atoms with Crippen molar-refractivity contribution in [1.82, 2.24) is 0 Å². The highest BCUT2D eigenvalue weighted by Crippen LogP contribution is 2.33. The summed E-state index contributed by atoms with van der Waals surface area (Å²) in [6, 6.07) is 2.49. The largest absolute Gasteiger partial charge is 0.416 e. The standard InChI is InChI=1S/C12H14BrF3N2O/c1-2-3-10(17)11(19)18-9-5-7(12(14,15)16)4-8(13)6-9/h4-6,10H,2-3,17H2,1H3,(H,18,19)/t10-/m0/s1. The highest BCUT2D eigenvalue weighted by atomic mass is 79.9. The third-order valence-corrected chi connectivity index (χ3v) is 2.89. The van der Waals surface area contributed by atoms with Crippen LogP contribution in [0.5, 0.6) is 0 Å². The normalized spacial score (nSPS) is 13.2. The van der Waals surface area contributed by atoms with Crippen molar-refractivity contribution >= 4 is 27.5 Å². The van der Waals surface area contributed by atoms with Gasteiger partial charge in [0, 0.05) is 10.2 Å². The van der Waals surface area contributed by atoms with E-state index >= 15 is 0 Å². The van der Waals surface area contributed by atoms with Gasteiger partial charge in [-0.2, -0.15) is 13.2 Å². The van der Waals surface area contributed by atoms with E-state index in [1.165, 1.54) is 6.07 Å². The zero-order valence-corrected chi connectivity index (χ0v) is 11.8. The van der Waals surface area contributed by atoms with E-state index in [1.807, 2.05) is 6.92 Å². The Labute approximate surface area is 117 Å². The number of nitrogens with two attached hydrogens (primary N) is 1. The molecule has 0 fully saturated rings. The maximum absolute atomic E-state index is 12.6. The smallest absolute Gasteiger partial charge is 0.325 e. The topological polar surface area (TPSA) is 55.1 Å². The molecule has 3 nitrogen and oxygen atoms in total. The zero-order chi connectivity index (χ0) is 14.6. The van der Waals surface area contributed by atoms with E-state index in [9.17, 15) is 18.0 Å². The third-order valence-electron chi connectivity index (χ3n) is 2.43. The number of amides is 1. The van der Waals surface area contributed by atoms with Crippen LogP contribution in [0.15, 0.2) is 22.7 Å². The molecule has 1 aromatic carbocycles. The predicted octanol–water partition coefficient (Wildman–Crippen LogP) is 3.53. The Morgan fingerprint density at radius 1 is 1.42 bits per heavy atom. The van der Waals surface area contributed by atoms with Gasteiger partial charge in [-0.15, -0.1) is 0 Å². The van der Waals surface area contributed by atoms with Gasteiger partial charge in [0.2, 0.25) is 5.91 Å². The summed E-state index contributed by atoms with van der Waals surface area (Å²) in [5.41, 5.74) is 4.83. The Kier molecular flexibility index (Phi) is 5.37. The van der Waals surface area contributed by atoms with E-state index in [2.05, 4.69) is 21.2 Å². The van der Waals surface area contributed by atoms with Crippen LogP contribution in [-0.2, 0) is 11.0 Å². The molecule has 0 aromatic heterocycles. The van der Waals surface area contributed by atoms with Crippen LogP contribution in [0.3, 0.4) is 0 Å². The number of benzene rings is 1. The van der Waals surface area contributed by atoms with Gasteiger partial charge in [-0.3, -0.25) is 4.79 Å². The van der Waals surface area contributed by atoms with E-state index in [4.69, 9.17) is 5.73 Å². The second kappa shape index (κ2) is 6.38. The van der Waals surface area contributed by atoms with E-state index in [0.29, 0.717) is 6.42 Å². The molecule has 3 N–H and O–H groups in total. The minimum atomic E-state index is -4.46. The van der Waals surface area contributed by atoms with Crippen molar-refractivity contribution in [2.75, 3.05) is 5.32 Å². The maximum Gasteiger partial charge on any atom is 0.416 e. The third kappa shape index (κ3) is 4.83. The Morgan fingerprint density at radius 3 is 2.58 bits per heavy atom. The molecule has 0 unspecified atom stereocenters. The lowest BCUT2D eigenvalue weighted by Gasteiger charge is -2.13. The van der Waals surface area contributed by atoms with Crippen molar-refractivity contribution in [2.45, 2.75) is 32.0 Å². The molecular formula is C12H14BrF3N2O. The molecule has 106 valence electrons. The zero-order valence-electron chi connectivity index (χ0n) is 10.2. The number of alkyl halides is 3. The van der Waals surface area contributed by atoms with Crippen LogP contribution in [0.25, 0.3) is 0 Å². The molecule has 0 bridgehead atoms. The molecule has 0 spiro atoms. The summed E-state index contributed by atoms with van der Waals surface area (Å²) in [7, 11) is 0. The van der Waals surface area contributed by atoms with Gasteiger partial charge in [-0.05, 0) is 24.6 Å². The van der Waals surface area contributed by atoms with Crippen molar-refractivity contribution in [3.8, 4) is 0 Å². The van der Waals surface area contributed by atoms with Crippen LogP contribution >= 0.6 is 15.9 Å². The van der Waals surface area contributed by atoms with E-state index in [1.54, 1.807) is 0 Å². The van der Waals surface area contributed by atoms with Crippen LogP contribution < -0.4 is 11.1 Å². The highest BCUT2D eigenvalue weighted by Gasteiger charge is 2.31. The number of hydrogen-bond donors (Lipinski definition) is 2. The first-order chi connectivity index (χ1) is 8.74. The monoisotopic (exact) mass is 338 g/mol. The first-order valence-corrected chi connectivity index (χ1v) is 6.47. The molecule has 0 aliphatic heterocycles. The number of carbonyl (C=O) groups is 1. The lowest BCUT2D eigenvalue weighted by atomic mass is 10.1. The quantitative estimate of drug-likeness (QED) is 0.882. The molecular weight excluding hydrogens is 325 g/mol. The second-order valence-corrected chi connectivity index (χ2v) is 5.03. The van der Waals surface area contributed by atoms with Crippen LogP contribution in [0.4, 0.5) is 18.9 Å². The van der Waals surface area contributed by atoms with Crippen molar-refractivity contribution in [3.05, 3.63) is 28.2 Å². The average molecular weight is 339 g/mol. The van der Waals surface area contributed by atoms with E-state index in [0.717, 1.165) is 18.6 Å². The molecule has 1 atom stereocenters. The average Bonchev–Trinajstić information content (AvgIpc) is 2.27. The number of anilines is 1. The molecule has 0 saturated carbocycles. The first kappa shape index (κ1) is 16.0. The SMILES string of the molecule is CCC[C@H](N)C(=O)Nc1cc(Br)cc(C(F)(F)F)c1. The van der Waals surface area contributed by atoms with Crippen LogP contribution in [0, 0.1) is 0 Å². The predicted molar refractivity (Wildman–Crippen MR) is 70.7 cm³/mol. The van der Waals surface area contributed by atoms with Crippen LogP contribution in [-0.4, -0.2) is 11.9 Å². The summed E-state index contributed by atoms with van der Waals surface area (Å²) in [6.45, 7) is 1.87. The van der Waals surface area contributed by atoms with Gasteiger partial charge in [-0.1, -0.05) is 29.3 Å². The summed E-state index contributed by atoms with van der Waals surface area (Å²) in [4.78, 5) is 11.6. The Bertz CT molecular complexity index is 463. The van der Waals surface area contributed by atoms with E-state index in [-0.39, 0.29) is 10.2 Å². The Morgan fingerprint density at radius 2 is 2.05 bits per heavy atom. The van der Waals surface area contributed by atoms with Gasteiger partial charge < -0.3 is 11.1 Å². The summed E-state index contributed by atoms with van der Waals surface area (Å²) < 4.78 is 38.1. The lowest BCUT2D eigenvalue weighted by Crippen LogP contribution is -2.35. The second-order valence-electron chi connectivity index (χ2n) is 4.11. The summed E-state index contributed by atoms with van der Waals surface area (Å²) in [5.74, 6) is -0.493. The molecule has 1 rings (SSSR count). The van der Waals surface area contributed by atoms with Crippen molar-refractivity contribution in [1.29, 1.82) is 0 Å². The molecule has 7 heteroatoms. The molecule has 0 saturated heterocycles. The molecule has 1 amide bonds. The number of hydrogen-bond acceptors (Lipinski definition) is 2. The molecule has 0 radical (unpaired) electrons. The number of nitrogens with one attached hydrogen (secondary N) is 1. The van der Waals surface area contributed by atoms with Gasteiger partial charge in [0.25, 0.3) is 0 Å². The number of halogens is 4. The van der Waals surface area contributed by atoms with Crippen molar-refractivity contribution in [3.63, 3.8) is 0 Å². The van der Waals surface area contributed by atoms with Crippen LogP contribution in [0.2, 0.25) is 0 Å². The van der Waals surface area contributed by atoms with Gasteiger partial charge in [-0.25, -0.2) is 0 Å². The fraction of sp³-hybridized carbons (Fsp3) is 0.417. The van der Waals surface area contributed by atoms with E-state index < -0.39 is 23.7 Å². The lowest BCUT2D eigenvalue weighted by molar-refractivity contribution is -0.137. The minimum absolute atomic E-state index is 0.0678. The molecule has 0 heterocycles. The summed E-state index contributed by atoms with van der Waals surface area (Å²) in [5, 5.41) is 2.39. The molecule has 1 aromatic rings. The van der Waals surface area contributed by atoms with Crippen molar-refractivity contribution in [2.24, 2.45) is 5.73 Å². The van der Waals surface area contributed by atoms with Gasteiger partial charge >= 0.3 is 6.18 Å². The number of carbonyl (C=O) groups excluding carboxylic acids is 1. The fourth-order valence-electron chi connectivity index (χ4n) is 1.50. The maximum atomic E-state index is 12.6. The van der Waals surface area contributed by atoms with Gasteiger partial charge in [0.1, 0.15) is 0 Å². The summed E-state index contributed by atoms with van der Waals surface area (Å²) >= 11 is 2.98. The Hall–Kier alpha value is -1.08. The molecule has 19 heavy (non-hydrogen) atoms. The highest BCUT2D eigenvalue weighted by molar-refractivity contribution is 9.10. The van der Waals surface area contributed by atoms with Crippen molar-refractivity contribution < 1.29 is 18.0 Å². The van der Waals surface area contributed by atoms with Crippen LogP contribution in [0.1, 0.15) is 25.3 Å². The molecule has 0 aliphatic rings. The fourth-order valence-corrected chi connectivity index (χ4v) is 2.00. The molecule has 0 aliphatic carbocycles. The van der Waals surface area contributed by atoms with Gasteiger partial charge in [0.15, 0.2) is 0 Å². The first-order valence-electron chi connectivity index (χ1n) is 5.68. The van der Waals surface area contributed by atoms with Gasteiger partial charge in [0.05, 0.1) is 11.6 Å². The Balaban J connectivity index is 2.90. The summed E-state index contributed by atoms with van der Waals surface area (Å²) in [6.07, 6.45) is -3.26. The number of rotatable bonds is 4.